The van der Waals surface area contributed by atoms with E-state index in [1.807, 2.05) is 51.1 Å². The molecule has 3 N–H and O–H groups in total. The molecule has 0 amide bonds. The first kappa shape index (κ1) is 32.7. The molecule has 8 bridgehead atoms. The van der Waals surface area contributed by atoms with E-state index < -0.39 is 5.97 Å². The van der Waals surface area contributed by atoms with Crippen LogP contribution in [0.5, 0.6) is 0 Å². The summed E-state index contributed by atoms with van der Waals surface area (Å²) >= 11 is 0. The fourth-order valence-electron chi connectivity index (χ4n) is 5.86. The summed E-state index contributed by atoms with van der Waals surface area (Å²) in [6.07, 6.45) is 4.65. The number of rotatable bonds is 8. The van der Waals surface area contributed by atoms with Crippen molar-refractivity contribution in [2.24, 2.45) is 0 Å². The molecule has 3 aromatic heterocycles. The normalized spacial score (nSPS) is 12.7. The molecule has 220 valence electrons. The van der Waals surface area contributed by atoms with Gasteiger partial charge in [0.15, 0.2) is 0 Å². The van der Waals surface area contributed by atoms with E-state index in [0.717, 1.165) is 78.0 Å². The monoisotopic (exact) mass is 600 g/mol. The third-order valence-corrected chi connectivity index (χ3v) is 8.44. The second kappa shape index (κ2) is 13.2. The molecule has 0 spiro atoms. The number of ether oxygens (including phenoxy) is 1. The molecule has 5 rings (SSSR count). The number of nitrogens with one attached hydrogen (secondary N) is 2. The van der Waals surface area contributed by atoms with E-state index in [9.17, 15) is 14.7 Å². The Labute approximate surface area is 272 Å². The van der Waals surface area contributed by atoms with Gasteiger partial charge in [0.25, 0.3) is 0 Å². The van der Waals surface area contributed by atoms with Crippen molar-refractivity contribution in [1.82, 2.24) is 19.9 Å². The number of methoxy groups -OCH3 is 1. The summed E-state index contributed by atoms with van der Waals surface area (Å²) in [5, 5.41) is 9.48. The zero-order valence-electron chi connectivity index (χ0n) is 26.0. The summed E-state index contributed by atoms with van der Waals surface area (Å²) in [5.74, 6) is -1.17. The average Bonchev–Trinajstić information content (AvgIpc) is 3.63. The van der Waals surface area contributed by atoms with Gasteiger partial charge in [-0.15, -0.1) is 0 Å². The molecule has 8 nitrogen and oxygen atoms in total. The van der Waals surface area contributed by atoms with Gasteiger partial charge in [0.1, 0.15) is 0 Å². The minimum atomic E-state index is -0.872. The van der Waals surface area contributed by atoms with E-state index in [1.54, 1.807) is 0 Å². The topological polar surface area (TPSA) is 121 Å². The van der Waals surface area contributed by atoms with Crippen LogP contribution in [0, 0.1) is 13.8 Å². The summed E-state index contributed by atoms with van der Waals surface area (Å²) < 4.78 is 4.92. The summed E-state index contributed by atoms with van der Waals surface area (Å²) in [4.78, 5) is 40.8. The summed E-state index contributed by atoms with van der Waals surface area (Å²) in [7, 11) is 1.38. The molecule has 9 heteroatoms. The zero-order chi connectivity index (χ0) is 31.0. The number of carbonyl (C=O) groups excluding carboxylic acids is 1. The predicted octanol–water partition coefficient (Wildman–Crippen LogP) is 7.52. The number of hydrogen-bond acceptors (Lipinski definition) is 5. The van der Waals surface area contributed by atoms with Crippen LogP contribution in [-0.2, 0) is 14.3 Å². The molecule has 0 unspecified atom stereocenters. The minimum absolute atomic E-state index is 0. The molecule has 44 heavy (non-hydrogen) atoms. The molecule has 2 aliphatic rings. The first-order valence-electron chi connectivity index (χ1n) is 14.3. The number of aromatic amines is 2. The van der Waals surface area contributed by atoms with Crippen molar-refractivity contribution in [3.63, 3.8) is 0 Å². The van der Waals surface area contributed by atoms with Gasteiger partial charge in [0, 0.05) is 46.0 Å². The molecular weight excluding hydrogens is 565 g/mol. The molecule has 0 saturated heterocycles. The number of aromatic nitrogens is 4. The molecule has 5 heterocycles. The van der Waals surface area contributed by atoms with Crippen LogP contribution in [0.15, 0.2) is 37.4 Å². The molecule has 0 radical (unpaired) electrons. The quantitative estimate of drug-likeness (QED) is 0.182. The number of carboxylic acid groups (broad SMARTS) is 1. The summed E-state index contributed by atoms with van der Waals surface area (Å²) in [6, 6.07) is 8.01. The Morgan fingerprint density at radius 3 is 1.68 bits per heavy atom. The number of carboxylic acids is 1. The second-order valence-corrected chi connectivity index (χ2v) is 10.9. The first-order chi connectivity index (χ1) is 20.6. The van der Waals surface area contributed by atoms with Crippen LogP contribution in [0.3, 0.4) is 0 Å². The van der Waals surface area contributed by atoms with Crippen LogP contribution in [-0.4, -0.2) is 67.1 Å². The van der Waals surface area contributed by atoms with Crippen molar-refractivity contribution < 1.29 is 19.4 Å². The average molecular weight is 601 g/mol. The van der Waals surface area contributed by atoms with Crippen molar-refractivity contribution in [2.75, 3.05) is 7.11 Å². The van der Waals surface area contributed by atoms with Crippen LogP contribution in [0.2, 0.25) is 0 Å². The predicted molar refractivity (Wildman–Crippen MR) is 180 cm³/mol. The number of fused-ring (bicyclic) bond motifs is 8. The van der Waals surface area contributed by atoms with Crippen molar-refractivity contribution in [1.29, 1.82) is 0 Å². The number of hydrogen-bond donors (Lipinski definition) is 3. The zero-order valence-corrected chi connectivity index (χ0v) is 27.4. The van der Waals surface area contributed by atoms with E-state index in [-0.39, 0.29) is 41.9 Å². The van der Waals surface area contributed by atoms with E-state index in [2.05, 4.69) is 36.1 Å². The van der Waals surface area contributed by atoms with Crippen molar-refractivity contribution in [3.05, 3.63) is 82.5 Å². The van der Waals surface area contributed by atoms with Gasteiger partial charge in [-0.25, -0.2) is 9.97 Å². The Kier molecular flexibility index (Phi) is 9.80. The Hall–Kier alpha value is -4.21. The van der Waals surface area contributed by atoms with Gasteiger partial charge < -0.3 is 19.8 Å². The summed E-state index contributed by atoms with van der Waals surface area (Å²) in [5.41, 5.74) is 14.2. The molecule has 2 aliphatic heterocycles. The number of aryl methyl sites for hydroxylation is 2. The maximum Gasteiger partial charge on any atom is 2.00 e. The number of esters is 1. The molecule has 0 aliphatic carbocycles. The number of H-pyrrole nitrogens is 2. The van der Waals surface area contributed by atoms with Crippen molar-refractivity contribution in [3.8, 4) is 0 Å². The molecule has 0 fully saturated rings. The fourth-order valence-corrected chi connectivity index (χ4v) is 5.86. The van der Waals surface area contributed by atoms with Gasteiger partial charge >= 0.3 is 35.0 Å². The van der Waals surface area contributed by atoms with Crippen LogP contribution < -0.4 is 0 Å². The standard InChI is InChI=1S/C35H36N4O4.Mg/c1-8-22-18(3)26-14-27-20(5)24(10-12-34(40)41)32(38-27)17-33-25(11-13-35(42)43-7)21(6)29(39-33)16-31-23(9-2)19(4)28(37-31)15-30(22)36-26;/h8-9,14-17,36-37H,1-2,10-13H2,3-7H3,(H,40,41);/q;+2. The van der Waals surface area contributed by atoms with Gasteiger partial charge in [-0.05, 0) is 98.2 Å². The molecule has 3 aromatic rings. The van der Waals surface area contributed by atoms with Crippen LogP contribution in [0.1, 0.15) is 84.6 Å². The first-order valence-corrected chi connectivity index (χ1v) is 14.3. The third-order valence-electron chi connectivity index (χ3n) is 8.44. The van der Waals surface area contributed by atoms with Crippen LogP contribution in [0.25, 0.3) is 56.5 Å². The van der Waals surface area contributed by atoms with Crippen LogP contribution in [0.4, 0.5) is 0 Å². The Balaban J connectivity index is 0.00000442. The maximum atomic E-state index is 12.1. The summed E-state index contributed by atoms with van der Waals surface area (Å²) in [6.45, 7) is 16.2. The smallest absolute Gasteiger partial charge is 0.481 e. The van der Waals surface area contributed by atoms with Crippen LogP contribution >= 0.6 is 0 Å². The second-order valence-electron chi connectivity index (χ2n) is 10.9. The fraction of sp³-hybridized carbons (Fsp3) is 0.257. The SMILES string of the molecule is C=Cc1c(C)c2cc3[nH]c(cc4nc(cc5nc(cc1[nH]2)C(C)=C5CCC(=O)OC)C(CCC(=O)O)=C4C)c(C)c3C=C.[Mg+2]. The van der Waals surface area contributed by atoms with Gasteiger partial charge in [-0.3, -0.25) is 9.59 Å². The van der Waals surface area contributed by atoms with Gasteiger partial charge in [-0.1, -0.05) is 25.3 Å². The van der Waals surface area contributed by atoms with Crippen molar-refractivity contribution in [2.45, 2.75) is 53.4 Å². The molecule has 0 atom stereocenters. The molecular formula is C35H36MgN4O4+2. The van der Waals surface area contributed by atoms with Gasteiger partial charge in [0.2, 0.25) is 0 Å². The van der Waals surface area contributed by atoms with Gasteiger partial charge in [-0.2, -0.15) is 0 Å². The third kappa shape index (κ3) is 6.07. The van der Waals surface area contributed by atoms with E-state index in [0.29, 0.717) is 24.2 Å². The Bertz CT molecular complexity index is 1940. The maximum absolute atomic E-state index is 12.1. The molecule has 0 aromatic carbocycles. The number of aliphatic carboxylic acids is 1. The molecule has 0 saturated carbocycles. The van der Waals surface area contributed by atoms with E-state index >= 15 is 0 Å². The van der Waals surface area contributed by atoms with Gasteiger partial charge in [0.05, 0.1) is 29.9 Å². The largest absolute Gasteiger partial charge is 2.00 e. The Morgan fingerprint density at radius 2 is 1.20 bits per heavy atom. The Morgan fingerprint density at radius 1 is 0.750 bits per heavy atom. The van der Waals surface area contributed by atoms with E-state index in [1.165, 1.54) is 7.11 Å². The minimum Gasteiger partial charge on any atom is -0.481 e. The number of carbonyl (C=O) groups is 2. The van der Waals surface area contributed by atoms with E-state index in [4.69, 9.17) is 14.7 Å². The number of allylic oxidation sites excluding steroid dienone is 4. The van der Waals surface area contributed by atoms with Crippen molar-refractivity contribution >= 4 is 91.5 Å². The number of nitrogens with zero attached hydrogens (tertiary/aromatic N) is 2.